The molecule has 4 aromatic rings. The Labute approximate surface area is 990 Å². The molecule has 0 radical (unpaired) electrons. The second-order valence-electron chi connectivity index (χ2n) is 46.6. The van der Waals surface area contributed by atoms with Crippen molar-refractivity contribution in [1.82, 2.24) is 0 Å². The second kappa shape index (κ2) is 65.6. The Kier molecular flexibility index (Phi) is 60.4. The van der Waals surface area contributed by atoms with Crippen LogP contribution in [0.3, 0.4) is 0 Å². The van der Waals surface area contributed by atoms with E-state index < -0.39 is 91.5 Å². The first-order valence-electron chi connectivity index (χ1n) is 53.7. The van der Waals surface area contributed by atoms with Gasteiger partial charge in [-0.05, 0) is 313 Å². The zero-order valence-electron chi connectivity index (χ0n) is 94.1. The van der Waals surface area contributed by atoms with Crippen molar-refractivity contribution in [1.29, 1.82) is 0 Å². The third-order valence-corrected chi connectivity index (χ3v) is 42.7. The summed E-state index contributed by atoms with van der Waals surface area (Å²) in [6.07, 6.45) is 110. The SMILES string of the molecule is C=CCCC(C)(C)C1CCC(C(c2ccccc2)(c2ccccc2)C2C3C=CC=CC3C3C=CC=CC32)C1.C=CCCC(C)(C1CCCC1)C1C2C=C(C)C=CC2C2C=CC(C(C)(C)C)=CC21.C=CCCC(C)(C1CCCC1)C1C2C=CC=CC2C2C=CC=CC21.C=CCC[Si](C)(C)C1CCC(C(c2ccccc2)(c2ccccc2)C2C3C=CC=CC3C3C=CC=CC32)C1.[CH3-].[CH3-].[CH3-].[CH3-].[CH3-].[CH3-].[CH3-].[CH3-].[Cl][Zr+2][Cl].[Cl][Zr+2][Cl].[Cl][Zr+2][Cl].[Cl][Zr+2][Cl]. The molecular formula is C136H186Cl8SiZr4. The monoisotopic (exact) mass is 2490 g/mol. The van der Waals surface area contributed by atoms with Crippen LogP contribution < -0.4 is 0 Å². The van der Waals surface area contributed by atoms with Crippen LogP contribution in [0.25, 0.3) is 0 Å². The van der Waals surface area contributed by atoms with Gasteiger partial charge in [-0.2, -0.15) is 0 Å². The van der Waals surface area contributed by atoms with Gasteiger partial charge in [-0.1, -0.05) is 433 Å². The van der Waals surface area contributed by atoms with E-state index in [9.17, 15) is 0 Å². The molecule has 0 amide bonds. The van der Waals surface area contributed by atoms with Gasteiger partial charge in [0.2, 0.25) is 0 Å². The standard InChI is InChI=1S/C38H44.C37H44Si.C29H42.C24H32.8CH3.8ClH.4Zr/c1-4-5-26-37(2,3)30-24-25-31(27-30)38(28-16-8-6-9-17-28,29-18-10-7-11-19-29)36-34-22-14-12-20-32(34)33-21-13-15-23-35(33)36;1-4-5-26-38(2,3)31-25-24-30(27-31)37(28-16-8-6-9-17-28,29-18-10-7-11-19-29)36-34-22-14-12-20-32(34)33-21-13-15-23-35(33)36;1-7-8-17-29(6,21-11-9-10-12-21)27-25-18-20(2)13-15-23(25)24-16-14-22(19-26(24)27)28(3,4)5;1-3-4-17-24(2,18-11-5-6-12-18)23-21-15-9-7-13-19(21)20-14-8-10-16-22(20)23;;;;;;;;;;;;;;;;;;;;/h2*4,6-23,30-36H,1,5,24-27H2,2-3H3;7,13-16,18-19,21,23-27H,1,8-12,17H2,2-6H3;3,7-10,13-16,18-23H,1,4-6,11-12,17H2,2H3;8*1H3;8*1H;;;;/q;;;;8*-1;;;;;;;;;4*+4/p-8. The molecule has 23 unspecified atom stereocenters. The Morgan fingerprint density at radius 3 is 0.872 bits per heavy atom. The second-order valence-corrected chi connectivity index (χ2v) is 66.8. The number of allylic oxidation sites excluding steroid dienone is 36. The minimum atomic E-state index is -1.34. The van der Waals surface area contributed by atoms with E-state index in [0.29, 0.717) is 135 Å². The van der Waals surface area contributed by atoms with Crippen molar-refractivity contribution in [2.24, 2.45) is 170 Å². The van der Waals surface area contributed by atoms with E-state index in [1.807, 2.05) is 0 Å². The fourth-order valence-electron chi connectivity index (χ4n) is 32.1. The Morgan fingerprint density at radius 1 is 0.295 bits per heavy atom. The summed E-state index contributed by atoms with van der Waals surface area (Å²) in [5.41, 5.74) is 11.4. The van der Waals surface area contributed by atoms with Gasteiger partial charge in [0.05, 0.1) is 8.07 Å². The van der Waals surface area contributed by atoms with Crippen molar-refractivity contribution < 1.29 is 83.4 Å². The van der Waals surface area contributed by atoms with Crippen LogP contribution in [0.5, 0.6) is 0 Å². The zero-order chi connectivity index (χ0) is 101. The molecule has 0 spiro atoms. The molecule has 23 atom stereocenters. The topological polar surface area (TPSA) is 0 Å². The van der Waals surface area contributed by atoms with Gasteiger partial charge >= 0.3 is 151 Å². The molecule has 0 nitrogen and oxygen atoms in total. The first-order chi connectivity index (χ1) is 68.3. The number of hydrogen-bond acceptors (Lipinski definition) is 0. The van der Waals surface area contributed by atoms with Crippen molar-refractivity contribution in [3.8, 4) is 0 Å². The van der Waals surface area contributed by atoms with Gasteiger partial charge in [-0.15, -0.1) is 26.3 Å². The number of rotatable bonds is 26. The number of halogens is 8. The van der Waals surface area contributed by atoms with E-state index >= 15 is 0 Å². The summed E-state index contributed by atoms with van der Waals surface area (Å²) < 4.78 is 0. The van der Waals surface area contributed by atoms with E-state index in [2.05, 4.69) is 423 Å². The van der Waals surface area contributed by atoms with E-state index in [1.54, 1.807) is 5.57 Å². The zero-order valence-corrected chi connectivity index (χ0v) is 111. The molecule has 806 valence electrons. The molecule has 0 N–H and O–H groups in total. The Bertz CT molecular complexity index is 4780. The van der Waals surface area contributed by atoms with E-state index in [-0.39, 0.29) is 75.7 Å². The van der Waals surface area contributed by atoms with Crippen molar-refractivity contribution >= 4 is 76.2 Å². The van der Waals surface area contributed by atoms with Crippen LogP contribution >= 0.6 is 68.1 Å². The number of fused-ring (bicyclic) bond motifs is 12. The maximum absolute atomic E-state index is 4.93. The molecule has 4 aromatic carbocycles. The summed E-state index contributed by atoms with van der Waals surface area (Å²) in [6, 6.07) is 48.1. The third-order valence-electron chi connectivity index (χ3n) is 38.4. The molecule has 0 heterocycles. The van der Waals surface area contributed by atoms with E-state index in [4.69, 9.17) is 68.1 Å². The molecule has 16 aliphatic carbocycles. The van der Waals surface area contributed by atoms with Crippen LogP contribution in [0.2, 0.25) is 24.7 Å². The fourth-order valence-corrected chi connectivity index (χ4v) is 35.4. The molecule has 0 saturated heterocycles. The van der Waals surface area contributed by atoms with Gasteiger partial charge in [-0.25, -0.2) is 0 Å². The van der Waals surface area contributed by atoms with E-state index in [0.717, 1.165) is 54.4 Å². The summed E-state index contributed by atoms with van der Waals surface area (Å²) in [5, 5.41) is 0. The molecule has 13 heteroatoms. The van der Waals surface area contributed by atoms with Crippen molar-refractivity contribution in [2.75, 3.05) is 0 Å². The van der Waals surface area contributed by atoms with Crippen LogP contribution in [0.1, 0.15) is 212 Å². The van der Waals surface area contributed by atoms with Crippen LogP contribution in [-0.4, -0.2) is 8.07 Å². The fraction of sp³-hybridized carbons (Fsp3) is 0.471. The predicted octanol–water partition coefficient (Wildman–Crippen LogP) is 43.4. The summed E-state index contributed by atoms with van der Waals surface area (Å²) >= 11 is -3.30. The van der Waals surface area contributed by atoms with Crippen LogP contribution in [0, 0.1) is 229 Å². The molecule has 16 aliphatic rings. The quantitative estimate of drug-likeness (QED) is 0.0334. The van der Waals surface area contributed by atoms with E-state index in [1.165, 1.54) is 149 Å². The summed E-state index contributed by atoms with van der Waals surface area (Å²) in [7, 11) is 38.1. The van der Waals surface area contributed by atoms with Gasteiger partial charge < -0.3 is 59.4 Å². The average molecular weight is 2500 g/mol. The summed E-state index contributed by atoms with van der Waals surface area (Å²) in [5.74, 6) is 16.4. The number of hydrogen-bond donors (Lipinski definition) is 0. The van der Waals surface area contributed by atoms with Crippen molar-refractivity contribution in [3.05, 3.63) is 447 Å². The predicted molar refractivity (Wildman–Crippen MR) is 656 cm³/mol. The first kappa shape index (κ1) is 137. The molecule has 20 rings (SSSR count). The van der Waals surface area contributed by atoms with Crippen LogP contribution in [-0.2, 0) is 94.2 Å². The molecule has 8 saturated carbocycles. The Hall–Kier alpha value is -2.25. The average Bonchev–Trinajstić information content (AvgIpc) is 1.56. The van der Waals surface area contributed by atoms with Crippen LogP contribution in [0.4, 0.5) is 0 Å². The molecule has 8 fully saturated rings. The molecular weight excluding hydrogens is 2310 g/mol. The van der Waals surface area contributed by atoms with Crippen LogP contribution in [0.15, 0.2) is 365 Å². The minimum absolute atomic E-state index is 0. The molecule has 0 bridgehead atoms. The van der Waals surface area contributed by atoms with Gasteiger partial charge in [0.25, 0.3) is 0 Å². The van der Waals surface area contributed by atoms with Gasteiger partial charge in [0, 0.05) is 10.8 Å². The van der Waals surface area contributed by atoms with Gasteiger partial charge in [-0.3, -0.25) is 0 Å². The maximum atomic E-state index is 4.93. The first-order valence-corrected chi connectivity index (χ1v) is 82.3. The summed E-state index contributed by atoms with van der Waals surface area (Å²) in [4.78, 5) is 0. The molecule has 149 heavy (non-hydrogen) atoms. The van der Waals surface area contributed by atoms with Crippen molar-refractivity contribution in [2.45, 2.75) is 226 Å². The normalized spacial score (nSPS) is 29.9. The number of benzene rings is 4. The molecule has 0 aliphatic heterocycles. The van der Waals surface area contributed by atoms with Gasteiger partial charge in [0.1, 0.15) is 0 Å². The summed E-state index contributed by atoms with van der Waals surface area (Å²) in [6.45, 7) is 41.3. The Balaban J connectivity index is 0.000000335. The Morgan fingerprint density at radius 2 is 0.557 bits per heavy atom. The van der Waals surface area contributed by atoms with Gasteiger partial charge in [0.15, 0.2) is 0 Å². The third kappa shape index (κ3) is 31.0. The van der Waals surface area contributed by atoms with Crippen molar-refractivity contribution in [3.63, 3.8) is 0 Å². The molecule has 0 aromatic heterocycles.